The molecule has 1 aromatic heterocycles. The fraction of sp³-hybridized carbons (Fsp3) is 0.333. The third-order valence-corrected chi connectivity index (χ3v) is 4.63. The number of carbonyl (C=O) groups excluding carboxylic acids is 1. The van der Waals surface area contributed by atoms with Gasteiger partial charge in [0.15, 0.2) is 0 Å². The minimum atomic E-state index is -0.0397. The van der Waals surface area contributed by atoms with Crippen molar-refractivity contribution in [3.63, 3.8) is 0 Å². The van der Waals surface area contributed by atoms with Crippen molar-refractivity contribution >= 4 is 23.3 Å². The van der Waals surface area contributed by atoms with Crippen molar-refractivity contribution in [3.8, 4) is 0 Å². The van der Waals surface area contributed by atoms with E-state index in [4.69, 9.17) is 11.6 Å². The molecular formula is C18H21ClN4O. The molecule has 6 heteroatoms. The number of nitrogens with one attached hydrogen (secondary N) is 1. The van der Waals surface area contributed by atoms with Crippen molar-refractivity contribution in [2.45, 2.75) is 13.0 Å². The van der Waals surface area contributed by atoms with Crippen LogP contribution in [0, 0.1) is 0 Å². The predicted octanol–water partition coefficient (Wildman–Crippen LogP) is 3.33. The molecule has 1 saturated heterocycles. The summed E-state index contributed by atoms with van der Waals surface area (Å²) in [6.07, 6.45) is 3.47. The van der Waals surface area contributed by atoms with Gasteiger partial charge >= 0.3 is 6.03 Å². The number of nitrogens with zero attached hydrogens (tertiary/aromatic N) is 3. The van der Waals surface area contributed by atoms with E-state index in [0.29, 0.717) is 13.1 Å². The number of aromatic nitrogens is 1. The molecule has 1 aromatic carbocycles. The fourth-order valence-electron chi connectivity index (χ4n) is 2.87. The number of amides is 2. The molecule has 0 aliphatic carbocycles. The van der Waals surface area contributed by atoms with Gasteiger partial charge < -0.3 is 15.1 Å². The van der Waals surface area contributed by atoms with Crippen LogP contribution in [0.2, 0.25) is 5.02 Å². The van der Waals surface area contributed by atoms with Gasteiger partial charge in [-0.3, -0.25) is 4.98 Å². The number of urea groups is 1. The van der Waals surface area contributed by atoms with Crippen LogP contribution in [0.3, 0.4) is 0 Å². The van der Waals surface area contributed by atoms with Crippen LogP contribution < -0.4 is 10.2 Å². The first-order valence-electron chi connectivity index (χ1n) is 8.10. The molecule has 1 aliphatic rings. The fourth-order valence-corrected chi connectivity index (χ4v) is 3.13. The van der Waals surface area contributed by atoms with Gasteiger partial charge in [0.05, 0.1) is 16.8 Å². The Morgan fingerprint density at radius 2 is 1.79 bits per heavy atom. The zero-order chi connectivity index (χ0) is 16.9. The zero-order valence-corrected chi connectivity index (χ0v) is 14.4. The summed E-state index contributed by atoms with van der Waals surface area (Å²) < 4.78 is 0. The quantitative estimate of drug-likeness (QED) is 0.929. The van der Waals surface area contributed by atoms with Gasteiger partial charge in [0.1, 0.15) is 0 Å². The first-order valence-corrected chi connectivity index (χ1v) is 8.48. The molecule has 1 N–H and O–H groups in total. The Hall–Kier alpha value is -2.27. The van der Waals surface area contributed by atoms with E-state index in [9.17, 15) is 4.79 Å². The van der Waals surface area contributed by atoms with Crippen LogP contribution in [-0.2, 0) is 0 Å². The Bertz CT molecular complexity index is 686. The lowest BCUT2D eigenvalue weighted by Crippen LogP contribution is -2.52. The van der Waals surface area contributed by atoms with E-state index in [1.54, 1.807) is 12.4 Å². The Morgan fingerprint density at radius 3 is 2.46 bits per heavy atom. The van der Waals surface area contributed by atoms with Gasteiger partial charge in [0.2, 0.25) is 0 Å². The lowest BCUT2D eigenvalue weighted by atomic mass is 10.1. The minimum Gasteiger partial charge on any atom is -0.367 e. The second-order valence-electron chi connectivity index (χ2n) is 5.88. The molecule has 1 fully saturated rings. The maximum absolute atomic E-state index is 12.4. The summed E-state index contributed by atoms with van der Waals surface area (Å²) in [5, 5.41) is 3.80. The normalized spacial score (nSPS) is 15.9. The number of rotatable bonds is 3. The molecule has 0 radical (unpaired) electrons. The molecule has 5 nitrogen and oxygen atoms in total. The number of benzene rings is 1. The summed E-state index contributed by atoms with van der Waals surface area (Å²) in [7, 11) is 0. The number of hydrogen-bond donors (Lipinski definition) is 1. The number of anilines is 1. The number of halogens is 1. The van der Waals surface area contributed by atoms with E-state index in [0.717, 1.165) is 29.4 Å². The number of hydrogen-bond acceptors (Lipinski definition) is 3. The van der Waals surface area contributed by atoms with Crippen LogP contribution in [0.25, 0.3) is 0 Å². The molecule has 126 valence electrons. The highest BCUT2D eigenvalue weighted by Crippen LogP contribution is 2.26. The van der Waals surface area contributed by atoms with Gasteiger partial charge in [0.25, 0.3) is 0 Å². The second kappa shape index (κ2) is 7.53. The molecule has 2 aromatic rings. The van der Waals surface area contributed by atoms with Crippen LogP contribution >= 0.6 is 11.6 Å². The van der Waals surface area contributed by atoms with E-state index in [2.05, 4.69) is 15.2 Å². The SMILES string of the molecule is C[C@H](NC(=O)N1CCN(c2ccccc2Cl)CC1)c1ccncc1. The van der Waals surface area contributed by atoms with Crippen molar-refractivity contribution in [2.75, 3.05) is 31.1 Å². The Kier molecular flexibility index (Phi) is 5.20. The summed E-state index contributed by atoms with van der Waals surface area (Å²) in [6.45, 7) is 4.90. The first kappa shape index (κ1) is 16.6. The summed E-state index contributed by atoms with van der Waals surface area (Å²) in [6, 6.07) is 11.6. The largest absolute Gasteiger partial charge is 0.367 e. The highest BCUT2D eigenvalue weighted by molar-refractivity contribution is 6.33. The molecule has 24 heavy (non-hydrogen) atoms. The standard InChI is InChI=1S/C18H21ClN4O/c1-14(15-6-8-20-9-7-15)21-18(24)23-12-10-22(11-13-23)17-5-3-2-4-16(17)19/h2-9,14H,10-13H2,1H3,(H,21,24)/t14-/m0/s1. The molecule has 0 saturated carbocycles. The molecule has 0 unspecified atom stereocenters. The zero-order valence-electron chi connectivity index (χ0n) is 13.7. The molecule has 2 heterocycles. The van der Waals surface area contributed by atoms with Crippen LogP contribution in [0.1, 0.15) is 18.5 Å². The molecule has 0 bridgehead atoms. The average molecular weight is 345 g/mol. The van der Waals surface area contributed by atoms with Gasteiger partial charge in [-0.1, -0.05) is 23.7 Å². The number of carbonyl (C=O) groups is 1. The maximum atomic E-state index is 12.4. The van der Waals surface area contributed by atoms with E-state index in [1.165, 1.54) is 0 Å². The van der Waals surface area contributed by atoms with Crippen LogP contribution in [0.5, 0.6) is 0 Å². The predicted molar refractivity (Wildman–Crippen MR) is 96.4 cm³/mol. The summed E-state index contributed by atoms with van der Waals surface area (Å²) in [5.41, 5.74) is 2.08. The molecular weight excluding hydrogens is 324 g/mol. The average Bonchev–Trinajstić information content (AvgIpc) is 2.63. The monoisotopic (exact) mass is 344 g/mol. The third-order valence-electron chi connectivity index (χ3n) is 4.31. The lowest BCUT2D eigenvalue weighted by Gasteiger charge is -2.36. The van der Waals surface area contributed by atoms with Gasteiger partial charge in [-0.25, -0.2) is 4.79 Å². The van der Waals surface area contributed by atoms with Crippen molar-refractivity contribution in [3.05, 3.63) is 59.4 Å². The van der Waals surface area contributed by atoms with Crippen LogP contribution in [0.15, 0.2) is 48.8 Å². The summed E-state index contributed by atoms with van der Waals surface area (Å²) in [5.74, 6) is 0. The maximum Gasteiger partial charge on any atom is 0.317 e. The Balaban J connectivity index is 1.55. The molecule has 1 atom stereocenters. The van der Waals surface area contributed by atoms with E-state index >= 15 is 0 Å². The topological polar surface area (TPSA) is 48.5 Å². The van der Waals surface area contributed by atoms with Crippen LogP contribution in [0.4, 0.5) is 10.5 Å². The Morgan fingerprint density at radius 1 is 1.12 bits per heavy atom. The van der Waals surface area contributed by atoms with E-state index in [1.807, 2.05) is 48.2 Å². The number of pyridine rings is 1. The number of para-hydroxylation sites is 1. The lowest BCUT2D eigenvalue weighted by molar-refractivity contribution is 0.191. The molecule has 0 spiro atoms. The van der Waals surface area contributed by atoms with Crippen molar-refractivity contribution in [2.24, 2.45) is 0 Å². The van der Waals surface area contributed by atoms with E-state index in [-0.39, 0.29) is 12.1 Å². The van der Waals surface area contributed by atoms with Gasteiger partial charge in [-0.05, 0) is 36.8 Å². The second-order valence-corrected chi connectivity index (χ2v) is 6.28. The van der Waals surface area contributed by atoms with Gasteiger partial charge in [0, 0.05) is 38.6 Å². The highest BCUT2D eigenvalue weighted by atomic mass is 35.5. The number of piperazine rings is 1. The molecule has 2 amide bonds. The van der Waals surface area contributed by atoms with Gasteiger partial charge in [-0.15, -0.1) is 0 Å². The van der Waals surface area contributed by atoms with Crippen molar-refractivity contribution in [1.29, 1.82) is 0 Å². The van der Waals surface area contributed by atoms with Crippen molar-refractivity contribution < 1.29 is 4.79 Å². The Labute approximate surface area is 147 Å². The highest BCUT2D eigenvalue weighted by Gasteiger charge is 2.23. The first-order chi connectivity index (χ1) is 11.6. The summed E-state index contributed by atoms with van der Waals surface area (Å²) in [4.78, 5) is 20.5. The van der Waals surface area contributed by atoms with Crippen LogP contribution in [-0.4, -0.2) is 42.1 Å². The molecule has 3 rings (SSSR count). The van der Waals surface area contributed by atoms with Gasteiger partial charge in [-0.2, -0.15) is 0 Å². The smallest absolute Gasteiger partial charge is 0.317 e. The summed E-state index contributed by atoms with van der Waals surface area (Å²) >= 11 is 6.25. The van der Waals surface area contributed by atoms with E-state index < -0.39 is 0 Å². The minimum absolute atomic E-state index is 0.0295. The third kappa shape index (κ3) is 3.79. The molecule has 1 aliphatic heterocycles. The van der Waals surface area contributed by atoms with Crippen molar-refractivity contribution in [1.82, 2.24) is 15.2 Å².